The topological polar surface area (TPSA) is 40.8 Å². The van der Waals surface area contributed by atoms with Crippen LogP contribution < -0.4 is 14.2 Å². The predicted octanol–water partition coefficient (Wildman–Crippen LogP) is 4.35. The lowest BCUT2D eigenvalue weighted by Gasteiger charge is -2.18. The second kappa shape index (κ2) is 6.89. The highest BCUT2D eigenvalue weighted by Gasteiger charge is 2.24. The molecule has 21 heavy (non-hydrogen) atoms. The molecule has 114 valence electrons. The highest BCUT2D eigenvalue weighted by atomic mass is 79.9. The van der Waals surface area contributed by atoms with Crippen molar-refractivity contribution in [2.24, 2.45) is 0 Å². The van der Waals surface area contributed by atoms with E-state index in [-0.39, 0.29) is 4.83 Å². The number of hydrogen-bond acceptors (Lipinski definition) is 4. The predicted molar refractivity (Wildman–Crippen MR) is 85.0 cm³/mol. The Morgan fingerprint density at radius 3 is 2.10 bits per heavy atom. The molecule has 0 saturated carbocycles. The van der Waals surface area contributed by atoms with Crippen LogP contribution in [0.4, 0.5) is 0 Å². The first-order valence-electron chi connectivity index (χ1n) is 6.67. The molecule has 0 N–H and O–H groups in total. The molecule has 0 radical (unpaired) electrons. The smallest absolute Gasteiger partial charge is 0.131 e. The summed E-state index contributed by atoms with van der Waals surface area (Å²) < 4.78 is 22.0. The van der Waals surface area contributed by atoms with Gasteiger partial charge in [0.05, 0.1) is 26.9 Å². The first-order valence-corrected chi connectivity index (χ1v) is 7.58. The van der Waals surface area contributed by atoms with Crippen molar-refractivity contribution >= 4 is 15.9 Å². The third-order valence-electron chi connectivity index (χ3n) is 3.29. The molecule has 1 unspecified atom stereocenters. The monoisotopic (exact) mass is 354 g/mol. The van der Waals surface area contributed by atoms with Crippen LogP contribution in [0.15, 0.2) is 28.7 Å². The average molecular weight is 355 g/mol. The van der Waals surface area contributed by atoms with Gasteiger partial charge in [-0.05, 0) is 12.1 Å². The number of rotatable bonds is 6. The van der Waals surface area contributed by atoms with Gasteiger partial charge in [0.2, 0.25) is 0 Å². The van der Waals surface area contributed by atoms with Crippen LogP contribution >= 0.6 is 15.9 Å². The normalized spacial score (nSPS) is 12.0. The van der Waals surface area contributed by atoms with Gasteiger partial charge in [0.1, 0.15) is 33.6 Å². The number of benzene rings is 1. The van der Waals surface area contributed by atoms with Crippen molar-refractivity contribution in [1.29, 1.82) is 0 Å². The molecule has 0 bridgehead atoms. The molecule has 1 atom stereocenters. The lowest BCUT2D eigenvalue weighted by molar-refractivity contribution is 0.367. The maximum atomic E-state index is 5.82. The summed E-state index contributed by atoms with van der Waals surface area (Å²) in [7, 11) is 4.85. The maximum Gasteiger partial charge on any atom is 0.131 e. The summed E-state index contributed by atoms with van der Waals surface area (Å²) in [5.41, 5.74) is 0.873. The molecule has 0 fully saturated rings. The molecule has 1 aromatic heterocycles. The van der Waals surface area contributed by atoms with Gasteiger partial charge >= 0.3 is 0 Å². The molecule has 4 nitrogen and oxygen atoms in total. The zero-order chi connectivity index (χ0) is 15.4. The molecular weight excluding hydrogens is 336 g/mol. The van der Waals surface area contributed by atoms with Crippen LogP contribution in [0, 0.1) is 0 Å². The summed E-state index contributed by atoms with van der Waals surface area (Å²) >= 11 is 3.67. The summed E-state index contributed by atoms with van der Waals surface area (Å²) in [6.07, 6.45) is 0.858. The Balaban J connectivity index is 2.50. The van der Waals surface area contributed by atoms with Gasteiger partial charge in [0.25, 0.3) is 0 Å². The van der Waals surface area contributed by atoms with Crippen LogP contribution in [0.1, 0.15) is 28.8 Å². The minimum absolute atomic E-state index is 0.159. The fraction of sp³-hybridized carbons (Fsp3) is 0.375. The number of furan rings is 1. The van der Waals surface area contributed by atoms with Crippen LogP contribution in [0.3, 0.4) is 0 Å². The van der Waals surface area contributed by atoms with Gasteiger partial charge in [-0.15, -0.1) is 0 Å². The van der Waals surface area contributed by atoms with Gasteiger partial charge in [0, 0.05) is 18.6 Å². The molecule has 0 amide bonds. The lowest BCUT2D eigenvalue weighted by Crippen LogP contribution is -2.01. The van der Waals surface area contributed by atoms with Crippen molar-refractivity contribution in [1.82, 2.24) is 0 Å². The van der Waals surface area contributed by atoms with Crippen LogP contribution in [-0.2, 0) is 6.42 Å². The van der Waals surface area contributed by atoms with Crippen molar-refractivity contribution < 1.29 is 18.6 Å². The van der Waals surface area contributed by atoms with Crippen LogP contribution in [0.25, 0.3) is 0 Å². The van der Waals surface area contributed by atoms with Crippen molar-refractivity contribution in [2.45, 2.75) is 18.2 Å². The second-order valence-electron chi connectivity index (χ2n) is 4.47. The number of hydrogen-bond donors (Lipinski definition) is 0. The van der Waals surface area contributed by atoms with Gasteiger partial charge < -0.3 is 18.6 Å². The van der Waals surface area contributed by atoms with E-state index in [0.717, 1.165) is 23.5 Å². The van der Waals surface area contributed by atoms with Crippen molar-refractivity contribution in [3.8, 4) is 17.2 Å². The van der Waals surface area contributed by atoms with E-state index >= 15 is 0 Å². The minimum atomic E-state index is -0.159. The molecule has 0 aliphatic heterocycles. The standard InChI is InChI=1S/C16H19BrO4/c1-5-10-6-7-12(21-10)16(17)15-13(19-3)8-11(18-2)9-14(15)20-4/h6-9,16H,5H2,1-4H3. The van der Waals surface area contributed by atoms with E-state index in [1.807, 2.05) is 24.3 Å². The highest BCUT2D eigenvalue weighted by Crippen LogP contribution is 2.45. The fourth-order valence-electron chi connectivity index (χ4n) is 2.15. The van der Waals surface area contributed by atoms with Crippen molar-refractivity contribution in [3.05, 3.63) is 41.3 Å². The van der Waals surface area contributed by atoms with Crippen LogP contribution in [-0.4, -0.2) is 21.3 Å². The van der Waals surface area contributed by atoms with E-state index in [4.69, 9.17) is 18.6 Å². The molecule has 0 spiro atoms. The van der Waals surface area contributed by atoms with Gasteiger partial charge in [0.15, 0.2) is 0 Å². The van der Waals surface area contributed by atoms with E-state index < -0.39 is 0 Å². The van der Waals surface area contributed by atoms with Crippen molar-refractivity contribution in [2.75, 3.05) is 21.3 Å². The van der Waals surface area contributed by atoms with Crippen LogP contribution in [0.5, 0.6) is 17.2 Å². The number of methoxy groups -OCH3 is 3. The highest BCUT2D eigenvalue weighted by molar-refractivity contribution is 9.09. The largest absolute Gasteiger partial charge is 0.496 e. The Kier molecular flexibility index (Phi) is 5.17. The molecule has 0 saturated heterocycles. The Morgan fingerprint density at radius 2 is 1.67 bits per heavy atom. The summed E-state index contributed by atoms with van der Waals surface area (Å²) in [5.74, 6) is 3.81. The van der Waals surface area contributed by atoms with E-state index in [9.17, 15) is 0 Å². The zero-order valence-electron chi connectivity index (χ0n) is 12.6. The minimum Gasteiger partial charge on any atom is -0.496 e. The Bertz CT molecular complexity index is 581. The molecule has 2 aromatic rings. The van der Waals surface area contributed by atoms with Gasteiger partial charge in [-0.25, -0.2) is 0 Å². The number of ether oxygens (including phenoxy) is 3. The Labute approximate surface area is 133 Å². The summed E-state index contributed by atoms with van der Waals surface area (Å²) in [6, 6.07) is 7.60. The van der Waals surface area contributed by atoms with Gasteiger partial charge in [-0.2, -0.15) is 0 Å². The second-order valence-corrected chi connectivity index (χ2v) is 5.38. The number of aryl methyl sites for hydroxylation is 1. The first-order chi connectivity index (χ1) is 10.1. The third-order valence-corrected chi connectivity index (χ3v) is 4.20. The van der Waals surface area contributed by atoms with Gasteiger partial charge in [-0.3, -0.25) is 0 Å². The SMILES string of the molecule is CCc1ccc(C(Br)c2c(OC)cc(OC)cc2OC)o1. The molecule has 1 heterocycles. The quantitative estimate of drug-likeness (QED) is 0.723. The molecule has 5 heteroatoms. The summed E-state index contributed by atoms with van der Waals surface area (Å²) in [6.45, 7) is 2.06. The third kappa shape index (κ3) is 3.18. The fourth-order valence-corrected chi connectivity index (χ4v) is 2.84. The molecule has 0 aliphatic rings. The molecule has 0 aliphatic carbocycles. The van der Waals surface area contributed by atoms with E-state index in [2.05, 4.69) is 22.9 Å². The molecule has 2 rings (SSSR count). The maximum absolute atomic E-state index is 5.82. The first kappa shape index (κ1) is 15.8. The Hall–Kier alpha value is -1.62. The Morgan fingerprint density at radius 1 is 1.05 bits per heavy atom. The van der Waals surface area contributed by atoms with Crippen LogP contribution in [0.2, 0.25) is 0 Å². The summed E-state index contributed by atoms with van der Waals surface area (Å²) in [5, 5.41) is 0. The van der Waals surface area contributed by atoms with Crippen molar-refractivity contribution in [3.63, 3.8) is 0 Å². The van der Waals surface area contributed by atoms with Gasteiger partial charge in [-0.1, -0.05) is 22.9 Å². The lowest BCUT2D eigenvalue weighted by atomic mass is 10.1. The zero-order valence-corrected chi connectivity index (χ0v) is 14.2. The average Bonchev–Trinajstić information content (AvgIpc) is 3.01. The summed E-state index contributed by atoms with van der Waals surface area (Å²) in [4.78, 5) is -0.159. The van der Waals surface area contributed by atoms with E-state index in [0.29, 0.717) is 17.2 Å². The molecular formula is C16H19BrO4. The van der Waals surface area contributed by atoms with E-state index in [1.165, 1.54) is 0 Å². The number of alkyl halides is 1. The van der Waals surface area contributed by atoms with E-state index in [1.54, 1.807) is 21.3 Å². The molecule has 1 aromatic carbocycles. The number of halogens is 1.